The summed E-state index contributed by atoms with van der Waals surface area (Å²) >= 11 is 0. The van der Waals surface area contributed by atoms with Crippen LogP contribution in [0, 0.1) is 11.6 Å². The van der Waals surface area contributed by atoms with Crippen molar-refractivity contribution >= 4 is 57.9 Å². The van der Waals surface area contributed by atoms with E-state index in [4.69, 9.17) is 0 Å². The van der Waals surface area contributed by atoms with Crippen LogP contribution in [-0.4, -0.2) is 92.6 Å². The van der Waals surface area contributed by atoms with Gasteiger partial charge in [-0.1, -0.05) is 0 Å². The van der Waals surface area contributed by atoms with Gasteiger partial charge in [0.05, 0.1) is 10.5 Å². The van der Waals surface area contributed by atoms with Gasteiger partial charge < -0.3 is 25.8 Å². The molecular weight excluding hydrogens is 649 g/mol. The molecule has 1 atom stereocenters. The Bertz CT molecular complexity index is 1590. The van der Waals surface area contributed by atoms with Crippen molar-refractivity contribution in [1.29, 1.82) is 0 Å². The van der Waals surface area contributed by atoms with Gasteiger partial charge >= 0.3 is 0 Å². The normalized spacial score (nSPS) is 18.9. The van der Waals surface area contributed by atoms with Crippen LogP contribution in [0.2, 0.25) is 0 Å². The molecule has 246 valence electrons. The molecule has 4 heterocycles. The maximum atomic E-state index is 13.8. The molecule has 0 bridgehead atoms. The van der Waals surface area contributed by atoms with E-state index in [-0.39, 0.29) is 49.6 Å². The molecule has 4 N–H and O–H groups in total. The zero-order valence-corrected chi connectivity index (χ0v) is 27.3. The average Bonchev–Trinajstić information content (AvgIpc) is 3.66. The van der Waals surface area contributed by atoms with E-state index in [1.165, 1.54) is 0 Å². The first-order chi connectivity index (χ1) is 20.7. The fourth-order valence-electron chi connectivity index (χ4n) is 5.88. The number of sulfonamides is 1. The summed E-state index contributed by atoms with van der Waals surface area (Å²) in [6, 6.07) is 8.32. The largest absolute Gasteiger partial charge is 0.383 e. The van der Waals surface area contributed by atoms with Crippen LogP contribution in [0.15, 0.2) is 41.3 Å². The Morgan fingerprint density at radius 3 is 2.47 bits per heavy atom. The number of carbonyl (C=O) groups excluding carboxylic acids is 1. The van der Waals surface area contributed by atoms with Crippen molar-refractivity contribution in [3.63, 3.8) is 0 Å². The zero-order chi connectivity index (χ0) is 30.1. The van der Waals surface area contributed by atoms with Gasteiger partial charge in [-0.05, 0) is 56.8 Å². The minimum atomic E-state index is -4.19. The summed E-state index contributed by atoms with van der Waals surface area (Å²) in [4.78, 5) is 17.8. The summed E-state index contributed by atoms with van der Waals surface area (Å²) in [6.45, 7) is 5.36. The highest BCUT2D eigenvalue weighted by Gasteiger charge is 2.32. The topological polar surface area (TPSA) is 126 Å². The molecule has 0 spiro atoms. The highest BCUT2D eigenvalue weighted by atomic mass is 35.5. The molecule has 0 unspecified atom stereocenters. The smallest absolute Gasteiger partial charge is 0.258 e. The minimum Gasteiger partial charge on any atom is -0.383 e. The number of nitrogens with one attached hydrogen (secondary N) is 4. The minimum absolute atomic E-state index is 0. The summed E-state index contributed by atoms with van der Waals surface area (Å²) in [6.07, 6.45) is 2.48. The second-order valence-corrected chi connectivity index (χ2v) is 13.3. The lowest BCUT2D eigenvalue weighted by molar-refractivity contribution is 0.102. The van der Waals surface area contributed by atoms with Gasteiger partial charge in [0.15, 0.2) is 5.82 Å². The first-order valence-electron chi connectivity index (χ1n) is 14.6. The molecule has 2 aromatic carbocycles. The fraction of sp³-hybridized carbons (Fsp3) is 0.448. The highest BCUT2D eigenvalue weighted by molar-refractivity contribution is 7.89. The molecule has 6 rings (SSSR count). The van der Waals surface area contributed by atoms with Crippen LogP contribution in [-0.2, 0) is 23.0 Å². The van der Waals surface area contributed by atoms with Gasteiger partial charge in [-0.25, -0.2) is 17.2 Å². The van der Waals surface area contributed by atoms with Crippen molar-refractivity contribution < 1.29 is 22.0 Å². The van der Waals surface area contributed by atoms with E-state index in [1.54, 1.807) is 0 Å². The zero-order valence-electron chi connectivity index (χ0n) is 24.8. The Morgan fingerprint density at radius 2 is 1.78 bits per heavy atom. The first-order valence-corrected chi connectivity index (χ1v) is 16.0. The molecule has 45 heavy (non-hydrogen) atoms. The van der Waals surface area contributed by atoms with Crippen LogP contribution in [0.4, 0.5) is 26.0 Å². The van der Waals surface area contributed by atoms with E-state index in [2.05, 4.69) is 43.0 Å². The molecule has 3 aliphatic rings. The Hall–Kier alpha value is -3.01. The lowest BCUT2D eigenvalue weighted by atomic mass is 10.1. The third-order valence-corrected chi connectivity index (χ3v) is 10.2. The van der Waals surface area contributed by atoms with Gasteiger partial charge in [0.25, 0.3) is 5.91 Å². The molecule has 3 aliphatic heterocycles. The summed E-state index contributed by atoms with van der Waals surface area (Å²) in [5.41, 5.74) is 3.41. The monoisotopic (exact) mass is 686 g/mol. The van der Waals surface area contributed by atoms with Crippen LogP contribution < -0.4 is 20.9 Å². The standard InChI is InChI=1S/C29H36F2N8O3S.2ClH/c1-37-9-11-38(12-10-37)22-4-5-24(27(16-22)33-17-21-3-2-7-32-21)29(40)34-28-25-18-39(8-6-26(25)35-36-28)43(41,42)23-14-19(30)13-20(31)15-23;;/h4-5,13-16,21,32-33H,2-3,6-12,17-18H2,1H3,(H2,34,35,36,40);2*1H/t21-;;/m1../s1. The molecule has 2 fully saturated rings. The number of aromatic amines is 1. The second kappa shape index (κ2) is 14.6. The number of benzene rings is 2. The van der Waals surface area contributed by atoms with E-state index in [0.717, 1.165) is 67.7 Å². The van der Waals surface area contributed by atoms with E-state index < -0.39 is 26.6 Å². The van der Waals surface area contributed by atoms with Crippen molar-refractivity contribution in [1.82, 2.24) is 24.7 Å². The van der Waals surface area contributed by atoms with Crippen LogP contribution >= 0.6 is 24.8 Å². The Balaban J connectivity index is 0.00000230. The number of aromatic nitrogens is 2. The number of fused-ring (bicyclic) bond motifs is 1. The molecule has 1 amide bonds. The van der Waals surface area contributed by atoms with Crippen LogP contribution in [0.3, 0.4) is 0 Å². The van der Waals surface area contributed by atoms with Gasteiger partial charge in [0.2, 0.25) is 10.0 Å². The van der Waals surface area contributed by atoms with Crippen molar-refractivity contribution in [2.45, 2.75) is 36.7 Å². The van der Waals surface area contributed by atoms with Crippen molar-refractivity contribution in [3.8, 4) is 0 Å². The Labute approximate surface area is 274 Å². The van der Waals surface area contributed by atoms with Crippen molar-refractivity contribution in [2.75, 3.05) is 68.4 Å². The molecule has 0 radical (unpaired) electrons. The molecule has 16 heteroatoms. The summed E-state index contributed by atoms with van der Waals surface area (Å²) in [5, 5.41) is 17.0. The second-order valence-electron chi connectivity index (χ2n) is 11.4. The molecule has 2 saturated heterocycles. The summed E-state index contributed by atoms with van der Waals surface area (Å²) in [7, 11) is -2.08. The summed E-state index contributed by atoms with van der Waals surface area (Å²) in [5.74, 6) is -2.11. The first kappa shape index (κ1) is 34.9. The molecule has 11 nitrogen and oxygen atoms in total. The van der Waals surface area contributed by atoms with Crippen LogP contribution in [0.25, 0.3) is 0 Å². The quantitative estimate of drug-likeness (QED) is 0.284. The Morgan fingerprint density at radius 1 is 1.04 bits per heavy atom. The van der Waals surface area contributed by atoms with Gasteiger partial charge in [-0.3, -0.25) is 9.89 Å². The lowest BCUT2D eigenvalue weighted by Crippen LogP contribution is -2.44. The predicted octanol–water partition coefficient (Wildman–Crippen LogP) is 3.45. The number of anilines is 3. The number of likely N-dealkylation sites (N-methyl/N-ethyl adjacent to an activating group) is 1. The fourth-order valence-corrected chi connectivity index (χ4v) is 7.33. The van der Waals surface area contributed by atoms with Crippen LogP contribution in [0.1, 0.15) is 34.5 Å². The molecular formula is C29H38Cl2F2N8O3S. The van der Waals surface area contributed by atoms with E-state index >= 15 is 0 Å². The van der Waals surface area contributed by atoms with Gasteiger partial charge in [0.1, 0.15) is 11.6 Å². The number of H-pyrrole nitrogens is 1. The van der Waals surface area contributed by atoms with Gasteiger partial charge in [-0.15, -0.1) is 24.8 Å². The van der Waals surface area contributed by atoms with Gasteiger partial charge in [0, 0.05) is 87.0 Å². The molecule has 1 aromatic heterocycles. The third-order valence-electron chi connectivity index (χ3n) is 8.42. The van der Waals surface area contributed by atoms with Crippen molar-refractivity contribution in [2.24, 2.45) is 0 Å². The summed E-state index contributed by atoms with van der Waals surface area (Å²) < 4.78 is 55.2. The number of amides is 1. The molecule has 0 saturated carbocycles. The SMILES string of the molecule is CN1CCN(c2ccc(C(=O)Nc3n[nH]c4c3CN(S(=O)(=O)c3cc(F)cc(F)c3)CC4)c(NC[C@H]3CCCN3)c2)CC1.Cl.Cl. The predicted molar refractivity (Wildman–Crippen MR) is 174 cm³/mol. The van der Waals surface area contributed by atoms with Crippen LogP contribution in [0.5, 0.6) is 0 Å². The highest BCUT2D eigenvalue weighted by Crippen LogP contribution is 2.31. The van der Waals surface area contributed by atoms with E-state index in [1.807, 2.05) is 18.2 Å². The number of halogens is 4. The molecule has 0 aliphatic carbocycles. The lowest BCUT2D eigenvalue weighted by Gasteiger charge is -2.34. The maximum absolute atomic E-state index is 13.8. The average molecular weight is 688 g/mol. The van der Waals surface area contributed by atoms with E-state index in [0.29, 0.717) is 47.6 Å². The number of hydrogen-bond acceptors (Lipinski definition) is 8. The number of nitrogens with zero attached hydrogens (tertiary/aromatic N) is 4. The maximum Gasteiger partial charge on any atom is 0.258 e. The number of carbonyl (C=O) groups is 1. The van der Waals surface area contributed by atoms with Gasteiger partial charge in [-0.2, -0.15) is 9.40 Å². The van der Waals surface area contributed by atoms with Crippen molar-refractivity contribution in [3.05, 3.63) is 64.9 Å². The molecule has 3 aromatic rings. The number of hydrogen-bond donors (Lipinski definition) is 4. The Kier molecular flexibility index (Phi) is 11.3. The number of rotatable bonds is 8. The third kappa shape index (κ3) is 7.69. The number of piperazine rings is 1. The van der Waals surface area contributed by atoms with E-state index in [9.17, 15) is 22.0 Å².